The number of hydrogen-bond acceptors (Lipinski definition) is 3. The van der Waals surface area contributed by atoms with E-state index in [1.165, 1.54) is 0 Å². The lowest BCUT2D eigenvalue weighted by molar-refractivity contribution is -0.0439. The molecular weight excluding hydrogens is 94.0 g/mol. The zero-order valence-electron chi connectivity index (χ0n) is 4.09. The lowest BCUT2D eigenvalue weighted by Crippen LogP contribution is -2.14. The van der Waals surface area contributed by atoms with Gasteiger partial charge < -0.3 is 15.5 Å². The van der Waals surface area contributed by atoms with Crippen molar-refractivity contribution in [3.63, 3.8) is 0 Å². The van der Waals surface area contributed by atoms with E-state index in [4.69, 9.17) is 10.2 Å². The lowest BCUT2D eigenvalue weighted by Gasteiger charge is -1.98. The van der Waals surface area contributed by atoms with Crippen molar-refractivity contribution in [3.8, 4) is 0 Å². The quantitative estimate of drug-likeness (QED) is 0.405. The molecule has 0 aliphatic rings. The summed E-state index contributed by atoms with van der Waals surface area (Å²) in [5, 5.41) is 18.9. The van der Waals surface area contributed by atoms with Crippen molar-refractivity contribution in [1.82, 2.24) is 5.32 Å². The van der Waals surface area contributed by atoms with Crippen LogP contribution >= 0.6 is 0 Å². The first-order valence-corrected chi connectivity index (χ1v) is 2.13. The second kappa shape index (κ2) is 4.05. The van der Waals surface area contributed by atoms with Crippen molar-refractivity contribution in [1.29, 1.82) is 0 Å². The highest BCUT2D eigenvalue weighted by molar-refractivity contribution is 4.43. The van der Waals surface area contributed by atoms with E-state index in [1.54, 1.807) is 0 Å². The van der Waals surface area contributed by atoms with E-state index < -0.39 is 6.29 Å². The van der Waals surface area contributed by atoms with Gasteiger partial charge >= 0.3 is 0 Å². The zero-order chi connectivity index (χ0) is 5.70. The summed E-state index contributed by atoms with van der Waals surface area (Å²) >= 11 is 0. The molecule has 43 valence electrons. The van der Waals surface area contributed by atoms with E-state index in [9.17, 15) is 0 Å². The fraction of sp³-hybridized carbons (Fsp3) is 0.750. The third-order valence-corrected chi connectivity index (χ3v) is 0.579. The van der Waals surface area contributed by atoms with Crippen molar-refractivity contribution < 1.29 is 10.2 Å². The van der Waals surface area contributed by atoms with Gasteiger partial charge in [0.05, 0.1) is 0 Å². The highest BCUT2D eigenvalue weighted by atomic mass is 16.5. The fourth-order valence-corrected chi connectivity index (χ4v) is 0.231. The molecule has 0 amide bonds. The second-order valence-electron chi connectivity index (χ2n) is 1.27. The third-order valence-electron chi connectivity index (χ3n) is 0.579. The molecule has 0 aromatic carbocycles. The van der Waals surface area contributed by atoms with Crippen molar-refractivity contribution in [2.24, 2.45) is 0 Å². The van der Waals surface area contributed by atoms with Crippen molar-refractivity contribution >= 4 is 0 Å². The summed E-state index contributed by atoms with van der Waals surface area (Å²) in [4.78, 5) is 0. The van der Waals surface area contributed by atoms with Crippen LogP contribution < -0.4 is 5.32 Å². The Kier molecular flexibility index (Phi) is 3.98. The highest BCUT2D eigenvalue weighted by Crippen LogP contribution is 1.79. The Bertz CT molecular complexity index is 38.7. The van der Waals surface area contributed by atoms with E-state index >= 15 is 0 Å². The molecule has 3 N–H and O–H groups in total. The largest absolute Gasteiger partial charge is 0.368 e. The van der Waals surface area contributed by atoms with Gasteiger partial charge in [-0.25, -0.2) is 0 Å². The van der Waals surface area contributed by atoms with Gasteiger partial charge in [0.2, 0.25) is 0 Å². The molecule has 3 heteroatoms. The Labute approximate surface area is 43.0 Å². The molecule has 3 nitrogen and oxygen atoms in total. The van der Waals surface area contributed by atoms with Crippen LogP contribution in [0.4, 0.5) is 0 Å². The average Bonchev–Trinajstić information content (AvgIpc) is 1.61. The topological polar surface area (TPSA) is 52.5 Å². The molecule has 0 saturated heterocycles. The van der Waals surface area contributed by atoms with Crippen LogP contribution in [0.5, 0.6) is 0 Å². The Balaban J connectivity index is 2.68. The van der Waals surface area contributed by atoms with Gasteiger partial charge in [-0.05, 0) is 6.54 Å². The fourth-order valence-electron chi connectivity index (χ4n) is 0.231. The van der Waals surface area contributed by atoms with Crippen LogP contribution in [-0.4, -0.2) is 23.0 Å². The number of hydrogen-bond donors (Lipinski definition) is 3. The number of aliphatic hydroxyl groups is 2. The molecule has 0 aliphatic heterocycles. The summed E-state index contributed by atoms with van der Waals surface area (Å²) in [6.07, 6.45) is -0.863. The van der Waals surface area contributed by atoms with Gasteiger partial charge in [0.15, 0.2) is 6.29 Å². The van der Waals surface area contributed by atoms with Gasteiger partial charge in [0.1, 0.15) is 0 Å². The van der Waals surface area contributed by atoms with Gasteiger partial charge in [-0.15, -0.1) is 0 Å². The van der Waals surface area contributed by atoms with Crippen LogP contribution in [0.1, 0.15) is 6.42 Å². The summed E-state index contributed by atoms with van der Waals surface area (Å²) in [5.41, 5.74) is 0. The van der Waals surface area contributed by atoms with Crippen LogP contribution in [0.3, 0.4) is 0 Å². The summed E-state index contributed by atoms with van der Waals surface area (Å²) in [6, 6.07) is 0. The zero-order valence-corrected chi connectivity index (χ0v) is 4.09. The minimum absolute atomic E-state index is 0.337. The molecular formula is C4H10NO2. The Morgan fingerprint density at radius 2 is 2.14 bits per heavy atom. The summed E-state index contributed by atoms with van der Waals surface area (Å²) in [7, 11) is 3.29. The average molecular weight is 104 g/mol. The van der Waals surface area contributed by atoms with Crippen LogP contribution in [0.2, 0.25) is 0 Å². The normalized spacial score (nSPS) is 10.3. The minimum atomic E-state index is -1.20. The van der Waals surface area contributed by atoms with Crippen molar-refractivity contribution in [3.05, 3.63) is 7.05 Å². The number of aliphatic hydroxyl groups excluding tert-OH is 1. The standard InChI is InChI=1S/C4H10NO2/c1-5-3-2-4(6)7/h4-7H,1-3H2. The smallest absolute Gasteiger partial charge is 0.152 e. The molecule has 1 radical (unpaired) electrons. The van der Waals surface area contributed by atoms with Gasteiger partial charge in [-0.3, -0.25) is 0 Å². The van der Waals surface area contributed by atoms with E-state index in [1.807, 2.05) is 0 Å². The van der Waals surface area contributed by atoms with Gasteiger partial charge in [0, 0.05) is 13.5 Å². The van der Waals surface area contributed by atoms with E-state index in [2.05, 4.69) is 12.4 Å². The van der Waals surface area contributed by atoms with E-state index in [0.717, 1.165) is 0 Å². The second-order valence-corrected chi connectivity index (χ2v) is 1.27. The molecule has 0 spiro atoms. The van der Waals surface area contributed by atoms with Crippen molar-refractivity contribution in [2.75, 3.05) is 6.54 Å². The number of nitrogens with one attached hydrogen (secondary N) is 1. The molecule has 0 heterocycles. The molecule has 0 fully saturated rings. The van der Waals surface area contributed by atoms with E-state index in [-0.39, 0.29) is 0 Å². The number of rotatable bonds is 3. The van der Waals surface area contributed by atoms with Crippen LogP contribution in [0, 0.1) is 7.05 Å². The van der Waals surface area contributed by atoms with Crippen molar-refractivity contribution in [2.45, 2.75) is 12.7 Å². The monoisotopic (exact) mass is 104 g/mol. The Morgan fingerprint density at radius 3 is 2.29 bits per heavy atom. The van der Waals surface area contributed by atoms with Crippen LogP contribution in [-0.2, 0) is 0 Å². The SMILES string of the molecule is [CH2]NCCC(O)O. The molecule has 0 rings (SSSR count). The predicted octanol–water partition coefficient (Wildman–Crippen LogP) is -0.932. The molecule has 0 saturated carbocycles. The first-order valence-electron chi connectivity index (χ1n) is 2.13. The predicted molar refractivity (Wildman–Crippen MR) is 26.2 cm³/mol. The highest BCUT2D eigenvalue weighted by Gasteiger charge is 1.91. The summed E-state index contributed by atoms with van der Waals surface area (Å²) < 4.78 is 0. The summed E-state index contributed by atoms with van der Waals surface area (Å²) in [5.74, 6) is 0. The minimum Gasteiger partial charge on any atom is -0.368 e. The first-order chi connectivity index (χ1) is 3.27. The first kappa shape index (κ1) is 6.88. The molecule has 0 aromatic rings. The molecule has 0 bridgehead atoms. The van der Waals surface area contributed by atoms with E-state index in [0.29, 0.717) is 13.0 Å². The molecule has 0 unspecified atom stereocenters. The molecule has 0 aromatic heterocycles. The van der Waals surface area contributed by atoms with Gasteiger partial charge in [0.25, 0.3) is 0 Å². The molecule has 0 aliphatic carbocycles. The van der Waals surface area contributed by atoms with Crippen LogP contribution in [0.25, 0.3) is 0 Å². The lowest BCUT2D eigenvalue weighted by atomic mass is 10.4. The molecule has 0 atom stereocenters. The molecule has 7 heavy (non-hydrogen) atoms. The maximum atomic E-state index is 8.17. The third kappa shape index (κ3) is 5.88. The Hall–Kier alpha value is -0.120. The maximum absolute atomic E-state index is 8.17. The van der Waals surface area contributed by atoms with Crippen LogP contribution in [0.15, 0.2) is 0 Å². The maximum Gasteiger partial charge on any atom is 0.152 e. The summed E-state index contributed by atoms with van der Waals surface area (Å²) in [6.45, 7) is 0.539. The Morgan fingerprint density at radius 1 is 1.57 bits per heavy atom. The van der Waals surface area contributed by atoms with Gasteiger partial charge in [-0.1, -0.05) is 0 Å². The van der Waals surface area contributed by atoms with Gasteiger partial charge in [-0.2, -0.15) is 0 Å².